The van der Waals surface area contributed by atoms with Crippen LogP contribution in [0.3, 0.4) is 0 Å². The van der Waals surface area contributed by atoms with Crippen LogP contribution in [-0.4, -0.2) is 41.4 Å². The van der Waals surface area contributed by atoms with Gasteiger partial charge in [-0.05, 0) is 12.1 Å². The first-order chi connectivity index (χ1) is 9.19. The molecule has 1 fully saturated rings. The predicted molar refractivity (Wildman–Crippen MR) is 78.1 cm³/mol. The van der Waals surface area contributed by atoms with Gasteiger partial charge in [-0.25, -0.2) is 0 Å². The second-order valence-corrected chi connectivity index (χ2v) is 6.17. The summed E-state index contributed by atoms with van der Waals surface area (Å²) in [6.07, 6.45) is 0. The minimum absolute atomic E-state index is 0.0539. The highest BCUT2D eigenvalue weighted by Gasteiger charge is 2.19. The molecule has 1 heterocycles. The fourth-order valence-corrected chi connectivity index (χ4v) is 3.20. The standard InChI is InChI=1S/C14H17N3OS/c1-11-9-17(6-7-19-11)10-14(18)16-13-5-3-2-4-12(13)8-15/h2-5,11H,6-7,9-10H2,1H3,(H,16,18). The Labute approximate surface area is 117 Å². The molecule has 1 aliphatic heterocycles. The van der Waals surface area contributed by atoms with E-state index in [0.717, 1.165) is 18.8 Å². The van der Waals surface area contributed by atoms with E-state index in [1.54, 1.807) is 18.2 Å². The van der Waals surface area contributed by atoms with Crippen LogP contribution in [-0.2, 0) is 4.79 Å². The van der Waals surface area contributed by atoms with Gasteiger partial charge in [-0.2, -0.15) is 17.0 Å². The van der Waals surface area contributed by atoms with Crippen LogP contribution < -0.4 is 5.32 Å². The maximum Gasteiger partial charge on any atom is 0.238 e. The third kappa shape index (κ3) is 3.98. The lowest BCUT2D eigenvalue weighted by molar-refractivity contribution is -0.117. The van der Waals surface area contributed by atoms with Crippen molar-refractivity contribution in [3.8, 4) is 6.07 Å². The molecule has 0 saturated carbocycles. The first-order valence-electron chi connectivity index (χ1n) is 6.32. The van der Waals surface area contributed by atoms with Gasteiger partial charge in [0.1, 0.15) is 6.07 Å². The van der Waals surface area contributed by atoms with E-state index in [9.17, 15) is 4.79 Å². The number of nitrogens with one attached hydrogen (secondary N) is 1. The fourth-order valence-electron chi connectivity index (χ4n) is 2.12. The highest BCUT2D eigenvalue weighted by atomic mass is 32.2. The molecule has 19 heavy (non-hydrogen) atoms. The summed E-state index contributed by atoms with van der Waals surface area (Å²) in [6.45, 7) is 4.46. The van der Waals surface area contributed by atoms with Crippen molar-refractivity contribution in [3.63, 3.8) is 0 Å². The van der Waals surface area contributed by atoms with Crippen molar-refractivity contribution >= 4 is 23.4 Å². The molecule has 100 valence electrons. The summed E-state index contributed by atoms with van der Waals surface area (Å²) in [5.74, 6) is 1.02. The number of benzene rings is 1. The van der Waals surface area contributed by atoms with Crippen molar-refractivity contribution in [2.75, 3.05) is 30.7 Å². The Balaban J connectivity index is 1.92. The lowest BCUT2D eigenvalue weighted by atomic mass is 10.2. The van der Waals surface area contributed by atoms with Crippen molar-refractivity contribution in [2.24, 2.45) is 0 Å². The van der Waals surface area contributed by atoms with Gasteiger partial charge in [0, 0.05) is 24.1 Å². The summed E-state index contributed by atoms with van der Waals surface area (Å²) >= 11 is 1.94. The lowest BCUT2D eigenvalue weighted by Gasteiger charge is -2.29. The van der Waals surface area contributed by atoms with Gasteiger partial charge in [0.15, 0.2) is 0 Å². The van der Waals surface area contributed by atoms with E-state index < -0.39 is 0 Å². The second-order valence-electron chi connectivity index (χ2n) is 4.62. The third-order valence-electron chi connectivity index (χ3n) is 3.01. The third-order valence-corrected chi connectivity index (χ3v) is 4.15. The maximum atomic E-state index is 12.0. The second kappa shape index (κ2) is 6.60. The van der Waals surface area contributed by atoms with Gasteiger partial charge >= 0.3 is 0 Å². The number of nitrogens with zero attached hydrogens (tertiary/aromatic N) is 2. The molecule has 1 atom stereocenters. The lowest BCUT2D eigenvalue weighted by Crippen LogP contribution is -2.41. The number of amides is 1. The predicted octanol–water partition coefficient (Wildman–Crippen LogP) is 1.93. The van der Waals surface area contributed by atoms with Crippen molar-refractivity contribution in [3.05, 3.63) is 29.8 Å². The van der Waals surface area contributed by atoms with E-state index in [0.29, 0.717) is 23.0 Å². The SMILES string of the molecule is CC1CN(CC(=O)Nc2ccccc2C#N)CCS1. The van der Waals surface area contributed by atoms with Crippen LogP contribution in [0.2, 0.25) is 0 Å². The van der Waals surface area contributed by atoms with E-state index in [-0.39, 0.29) is 5.91 Å². The van der Waals surface area contributed by atoms with Gasteiger partial charge in [0.05, 0.1) is 17.8 Å². The molecular weight excluding hydrogens is 258 g/mol. The van der Waals surface area contributed by atoms with Gasteiger partial charge in [-0.15, -0.1) is 0 Å². The van der Waals surface area contributed by atoms with Gasteiger partial charge < -0.3 is 5.32 Å². The Morgan fingerprint density at radius 2 is 2.37 bits per heavy atom. The number of rotatable bonds is 3. The van der Waals surface area contributed by atoms with Crippen LogP contribution in [0.25, 0.3) is 0 Å². The van der Waals surface area contributed by atoms with Gasteiger partial charge in [-0.1, -0.05) is 19.1 Å². The zero-order valence-electron chi connectivity index (χ0n) is 10.9. The Hall–Kier alpha value is -1.51. The summed E-state index contributed by atoms with van der Waals surface area (Å²) < 4.78 is 0. The number of hydrogen-bond acceptors (Lipinski definition) is 4. The smallest absolute Gasteiger partial charge is 0.238 e. The number of nitriles is 1. The molecule has 1 aliphatic rings. The minimum Gasteiger partial charge on any atom is -0.324 e. The van der Waals surface area contributed by atoms with Crippen LogP contribution in [0.15, 0.2) is 24.3 Å². The summed E-state index contributed by atoms with van der Waals surface area (Å²) in [4.78, 5) is 14.1. The molecule has 4 nitrogen and oxygen atoms in total. The number of anilines is 1. The van der Waals surface area contributed by atoms with Crippen LogP contribution >= 0.6 is 11.8 Å². The summed E-state index contributed by atoms with van der Waals surface area (Å²) in [5, 5.41) is 12.4. The first kappa shape index (κ1) is 13.9. The highest BCUT2D eigenvalue weighted by molar-refractivity contribution is 7.99. The maximum absolute atomic E-state index is 12.0. The van der Waals surface area contributed by atoms with Crippen LogP contribution in [0.4, 0.5) is 5.69 Å². The number of carbonyl (C=O) groups excluding carboxylic acids is 1. The molecule has 0 aromatic heterocycles. The Bertz CT molecular complexity index is 498. The quantitative estimate of drug-likeness (QED) is 0.916. The van der Waals surface area contributed by atoms with Crippen LogP contribution in [0, 0.1) is 11.3 Å². The van der Waals surface area contributed by atoms with Crippen LogP contribution in [0.5, 0.6) is 0 Å². The van der Waals surface area contributed by atoms with Gasteiger partial charge in [-0.3, -0.25) is 9.69 Å². The van der Waals surface area contributed by atoms with E-state index in [1.165, 1.54) is 0 Å². The zero-order valence-corrected chi connectivity index (χ0v) is 11.7. The minimum atomic E-state index is -0.0539. The Kier molecular flexibility index (Phi) is 4.83. The molecule has 0 spiro atoms. The molecule has 0 radical (unpaired) electrons. The normalized spacial score (nSPS) is 19.7. The summed E-state index contributed by atoms with van der Waals surface area (Å²) in [5.41, 5.74) is 1.09. The Morgan fingerprint density at radius 1 is 1.58 bits per heavy atom. The topological polar surface area (TPSA) is 56.1 Å². The van der Waals surface area contributed by atoms with E-state index in [2.05, 4.69) is 23.2 Å². The molecule has 0 aliphatic carbocycles. The van der Waals surface area contributed by atoms with Crippen molar-refractivity contribution in [1.82, 2.24) is 4.90 Å². The molecule has 1 aromatic rings. The first-order valence-corrected chi connectivity index (χ1v) is 7.37. The van der Waals surface area contributed by atoms with E-state index >= 15 is 0 Å². The zero-order chi connectivity index (χ0) is 13.7. The summed E-state index contributed by atoms with van der Waals surface area (Å²) in [6, 6.07) is 9.14. The number of carbonyl (C=O) groups is 1. The van der Waals surface area contributed by atoms with Crippen molar-refractivity contribution < 1.29 is 4.79 Å². The van der Waals surface area contributed by atoms with E-state index in [1.807, 2.05) is 17.8 Å². The molecule has 2 rings (SSSR count). The Morgan fingerprint density at radius 3 is 3.11 bits per heavy atom. The molecule has 5 heteroatoms. The van der Waals surface area contributed by atoms with Gasteiger partial charge in [0.25, 0.3) is 0 Å². The number of para-hydroxylation sites is 1. The molecule has 1 aromatic carbocycles. The molecule has 0 bridgehead atoms. The highest BCUT2D eigenvalue weighted by Crippen LogP contribution is 2.18. The average molecular weight is 275 g/mol. The average Bonchev–Trinajstić information content (AvgIpc) is 2.39. The van der Waals surface area contributed by atoms with E-state index in [4.69, 9.17) is 5.26 Å². The summed E-state index contributed by atoms with van der Waals surface area (Å²) in [7, 11) is 0. The monoisotopic (exact) mass is 275 g/mol. The molecule has 1 amide bonds. The number of hydrogen-bond donors (Lipinski definition) is 1. The van der Waals surface area contributed by atoms with Crippen LogP contribution in [0.1, 0.15) is 12.5 Å². The van der Waals surface area contributed by atoms with Crippen molar-refractivity contribution in [2.45, 2.75) is 12.2 Å². The number of thioether (sulfide) groups is 1. The largest absolute Gasteiger partial charge is 0.324 e. The molecule has 1 unspecified atom stereocenters. The van der Waals surface area contributed by atoms with Gasteiger partial charge in [0.2, 0.25) is 5.91 Å². The van der Waals surface area contributed by atoms with Crippen molar-refractivity contribution in [1.29, 1.82) is 5.26 Å². The molecule has 1 saturated heterocycles. The molecule has 1 N–H and O–H groups in total. The fraction of sp³-hybridized carbons (Fsp3) is 0.429. The molecular formula is C14H17N3OS.